The second-order valence-corrected chi connectivity index (χ2v) is 6.47. The summed E-state index contributed by atoms with van der Waals surface area (Å²) in [6.45, 7) is 0. The minimum atomic E-state index is -0.270. The Hall–Kier alpha value is -2.79. The zero-order valence-corrected chi connectivity index (χ0v) is 14.7. The first-order valence-corrected chi connectivity index (χ1v) is 8.54. The first-order chi connectivity index (χ1) is 12.2. The third-order valence-corrected chi connectivity index (χ3v) is 4.29. The van der Waals surface area contributed by atoms with Crippen molar-refractivity contribution in [1.29, 1.82) is 0 Å². The Morgan fingerprint density at radius 2 is 1.64 bits per heavy atom. The number of nitrogens with zero attached hydrogens (tertiary/aromatic N) is 2. The summed E-state index contributed by atoms with van der Waals surface area (Å²) in [4.78, 5) is 9.36. The van der Waals surface area contributed by atoms with E-state index in [2.05, 4.69) is 26.2 Å². The number of halogens is 2. The summed E-state index contributed by atoms with van der Waals surface area (Å²) in [5, 5.41) is 4.18. The number of fused-ring (bicyclic) bond motifs is 1. The van der Waals surface area contributed by atoms with E-state index in [1.807, 2.05) is 48.5 Å². The summed E-state index contributed by atoms with van der Waals surface area (Å²) in [6, 6.07) is 21.9. The van der Waals surface area contributed by atoms with Gasteiger partial charge in [-0.1, -0.05) is 40.2 Å². The summed E-state index contributed by atoms with van der Waals surface area (Å²) in [5.41, 5.74) is 2.53. The topological polar surface area (TPSA) is 37.8 Å². The van der Waals surface area contributed by atoms with Crippen molar-refractivity contribution in [3.8, 4) is 11.4 Å². The minimum absolute atomic E-state index is 0.270. The van der Waals surface area contributed by atoms with Crippen molar-refractivity contribution in [3.63, 3.8) is 0 Å². The smallest absolute Gasteiger partial charge is 0.162 e. The van der Waals surface area contributed by atoms with Crippen LogP contribution in [0.2, 0.25) is 0 Å². The molecule has 0 saturated carbocycles. The Balaban J connectivity index is 1.85. The maximum absolute atomic E-state index is 13.1. The maximum atomic E-state index is 13.1. The molecule has 4 rings (SSSR count). The van der Waals surface area contributed by atoms with E-state index < -0.39 is 0 Å². The Kier molecular flexibility index (Phi) is 4.15. The molecule has 0 spiro atoms. The van der Waals surface area contributed by atoms with Crippen LogP contribution in [-0.4, -0.2) is 9.97 Å². The van der Waals surface area contributed by atoms with E-state index in [4.69, 9.17) is 4.98 Å². The summed E-state index contributed by atoms with van der Waals surface area (Å²) >= 11 is 3.48. The highest BCUT2D eigenvalue weighted by Gasteiger charge is 2.10. The fourth-order valence-electron chi connectivity index (χ4n) is 2.60. The molecule has 1 heterocycles. The van der Waals surface area contributed by atoms with Crippen LogP contribution in [0.4, 0.5) is 15.9 Å². The summed E-state index contributed by atoms with van der Waals surface area (Å²) in [7, 11) is 0. The quantitative estimate of drug-likeness (QED) is 0.467. The van der Waals surface area contributed by atoms with E-state index >= 15 is 0 Å². The maximum Gasteiger partial charge on any atom is 0.162 e. The van der Waals surface area contributed by atoms with E-state index in [-0.39, 0.29) is 5.82 Å². The zero-order valence-electron chi connectivity index (χ0n) is 13.1. The van der Waals surface area contributed by atoms with E-state index in [1.165, 1.54) is 12.1 Å². The van der Waals surface area contributed by atoms with E-state index in [1.54, 1.807) is 12.1 Å². The SMILES string of the molecule is Fc1ccc(Nc2nc(-c3cccc(Br)c3)nc3ccccc23)cc1. The monoisotopic (exact) mass is 393 g/mol. The predicted octanol–water partition coefficient (Wildman–Crippen LogP) is 5.94. The van der Waals surface area contributed by atoms with Crippen LogP contribution in [0.3, 0.4) is 0 Å². The van der Waals surface area contributed by atoms with Gasteiger partial charge in [0.2, 0.25) is 0 Å². The standard InChI is InChI=1S/C20H13BrFN3/c21-14-5-3-4-13(12-14)19-24-18-7-2-1-6-17(18)20(25-19)23-16-10-8-15(22)9-11-16/h1-12H,(H,23,24,25). The van der Waals surface area contributed by atoms with Crippen molar-refractivity contribution in [2.75, 3.05) is 5.32 Å². The van der Waals surface area contributed by atoms with E-state index in [0.717, 1.165) is 26.6 Å². The van der Waals surface area contributed by atoms with Gasteiger partial charge < -0.3 is 5.32 Å². The number of hydrogen-bond donors (Lipinski definition) is 1. The zero-order chi connectivity index (χ0) is 17.2. The molecule has 0 fully saturated rings. The number of anilines is 2. The van der Waals surface area contributed by atoms with Crippen LogP contribution in [0.25, 0.3) is 22.3 Å². The van der Waals surface area contributed by atoms with Gasteiger partial charge in [0.1, 0.15) is 11.6 Å². The number of benzene rings is 3. The van der Waals surface area contributed by atoms with Crippen LogP contribution >= 0.6 is 15.9 Å². The molecule has 0 atom stereocenters. The average Bonchev–Trinajstić information content (AvgIpc) is 2.63. The molecule has 0 aliphatic carbocycles. The van der Waals surface area contributed by atoms with Gasteiger partial charge in [-0.25, -0.2) is 14.4 Å². The molecule has 0 radical (unpaired) electrons. The third-order valence-electron chi connectivity index (χ3n) is 3.79. The van der Waals surface area contributed by atoms with Gasteiger partial charge in [0.15, 0.2) is 5.82 Å². The molecular weight excluding hydrogens is 381 g/mol. The largest absolute Gasteiger partial charge is 0.340 e. The van der Waals surface area contributed by atoms with Crippen molar-refractivity contribution in [2.24, 2.45) is 0 Å². The molecule has 0 aliphatic heterocycles. The second-order valence-electron chi connectivity index (χ2n) is 5.56. The fourth-order valence-corrected chi connectivity index (χ4v) is 3.00. The number of rotatable bonds is 3. The molecule has 5 heteroatoms. The highest BCUT2D eigenvalue weighted by molar-refractivity contribution is 9.10. The predicted molar refractivity (Wildman–Crippen MR) is 102 cm³/mol. The fraction of sp³-hybridized carbons (Fsp3) is 0. The van der Waals surface area contributed by atoms with Crippen LogP contribution in [-0.2, 0) is 0 Å². The molecular formula is C20H13BrFN3. The van der Waals surface area contributed by atoms with E-state index in [0.29, 0.717) is 11.6 Å². The van der Waals surface area contributed by atoms with Crippen LogP contribution in [0.15, 0.2) is 77.3 Å². The Labute approximate surface area is 152 Å². The lowest BCUT2D eigenvalue weighted by molar-refractivity contribution is 0.628. The van der Waals surface area contributed by atoms with Crippen molar-refractivity contribution in [1.82, 2.24) is 9.97 Å². The molecule has 25 heavy (non-hydrogen) atoms. The lowest BCUT2D eigenvalue weighted by Gasteiger charge is -2.11. The van der Waals surface area contributed by atoms with Crippen LogP contribution < -0.4 is 5.32 Å². The molecule has 3 aromatic carbocycles. The van der Waals surface area contributed by atoms with Crippen molar-refractivity contribution in [3.05, 3.63) is 83.1 Å². The molecule has 1 aromatic heterocycles. The van der Waals surface area contributed by atoms with Gasteiger partial charge in [-0.3, -0.25) is 0 Å². The van der Waals surface area contributed by atoms with Gasteiger partial charge in [0, 0.05) is 21.1 Å². The Morgan fingerprint density at radius 1 is 0.840 bits per heavy atom. The van der Waals surface area contributed by atoms with Crippen LogP contribution in [0, 0.1) is 5.82 Å². The van der Waals surface area contributed by atoms with Gasteiger partial charge in [-0.2, -0.15) is 0 Å². The molecule has 0 aliphatic rings. The molecule has 0 unspecified atom stereocenters. The number of aromatic nitrogens is 2. The number of para-hydroxylation sites is 1. The van der Waals surface area contributed by atoms with Crippen molar-refractivity contribution >= 4 is 38.3 Å². The molecule has 0 amide bonds. The average molecular weight is 394 g/mol. The molecule has 1 N–H and O–H groups in total. The summed E-state index contributed by atoms with van der Waals surface area (Å²) in [6.07, 6.45) is 0. The van der Waals surface area contributed by atoms with Crippen molar-refractivity contribution < 1.29 is 4.39 Å². The Morgan fingerprint density at radius 3 is 2.44 bits per heavy atom. The molecule has 4 aromatic rings. The van der Waals surface area contributed by atoms with Crippen LogP contribution in [0.5, 0.6) is 0 Å². The lowest BCUT2D eigenvalue weighted by atomic mass is 10.2. The second kappa shape index (κ2) is 6.61. The molecule has 122 valence electrons. The number of nitrogens with one attached hydrogen (secondary N) is 1. The number of hydrogen-bond acceptors (Lipinski definition) is 3. The van der Waals surface area contributed by atoms with Gasteiger partial charge in [-0.15, -0.1) is 0 Å². The Bertz CT molecular complexity index is 1050. The first kappa shape index (κ1) is 15.7. The summed E-state index contributed by atoms with van der Waals surface area (Å²) < 4.78 is 14.1. The minimum Gasteiger partial charge on any atom is -0.340 e. The van der Waals surface area contributed by atoms with Crippen LogP contribution in [0.1, 0.15) is 0 Å². The molecule has 0 saturated heterocycles. The van der Waals surface area contributed by atoms with Gasteiger partial charge >= 0.3 is 0 Å². The third kappa shape index (κ3) is 3.37. The highest BCUT2D eigenvalue weighted by atomic mass is 79.9. The summed E-state index contributed by atoms with van der Waals surface area (Å²) in [5.74, 6) is 1.05. The van der Waals surface area contributed by atoms with Gasteiger partial charge in [0.05, 0.1) is 5.52 Å². The van der Waals surface area contributed by atoms with Gasteiger partial charge in [0.25, 0.3) is 0 Å². The molecule has 3 nitrogen and oxygen atoms in total. The first-order valence-electron chi connectivity index (χ1n) is 7.74. The molecule has 0 bridgehead atoms. The lowest BCUT2D eigenvalue weighted by Crippen LogP contribution is -1.99. The highest BCUT2D eigenvalue weighted by Crippen LogP contribution is 2.28. The van der Waals surface area contributed by atoms with Gasteiger partial charge in [-0.05, 0) is 48.5 Å². The van der Waals surface area contributed by atoms with E-state index in [9.17, 15) is 4.39 Å². The normalized spacial score (nSPS) is 10.8. The van der Waals surface area contributed by atoms with Crippen molar-refractivity contribution in [2.45, 2.75) is 0 Å².